The Labute approximate surface area is 239 Å². The third kappa shape index (κ3) is 6.28. The van der Waals surface area contributed by atoms with E-state index < -0.39 is 0 Å². The van der Waals surface area contributed by atoms with Crippen molar-refractivity contribution in [3.63, 3.8) is 0 Å². The molecule has 3 heterocycles. The Morgan fingerprint density at radius 1 is 1.00 bits per heavy atom. The van der Waals surface area contributed by atoms with Gasteiger partial charge in [0.05, 0.1) is 18.6 Å². The Morgan fingerprint density at radius 3 is 2.61 bits per heavy atom. The number of nitrogens with zero attached hydrogens (tertiary/aromatic N) is 4. The third-order valence-electron chi connectivity index (χ3n) is 8.03. The number of benzene rings is 2. The van der Waals surface area contributed by atoms with E-state index in [1.165, 1.54) is 6.33 Å². The molecule has 10 nitrogen and oxygen atoms in total. The molecule has 4 N–H and O–H groups in total. The first-order valence-corrected chi connectivity index (χ1v) is 14.3. The Hall–Kier alpha value is -4.15. The van der Waals surface area contributed by atoms with Crippen molar-refractivity contribution in [1.82, 2.24) is 30.1 Å². The summed E-state index contributed by atoms with van der Waals surface area (Å²) in [6.07, 6.45) is 5.56. The minimum absolute atomic E-state index is 0.108. The number of para-hydroxylation sites is 1. The van der Waals surface area contributed by atoms with Crippen LogP contribution in [0.5, 0.6) is 5.75 Å². The summed E-state index contributed by atoms with van der Waals surface area (Å²) in [5, 5.41) is 6.85. The zero-order valence-corrected chi connectivity index (χ0v) is 23.2. The molecule has 214 valence electrons. The van der Waals surface area contributed by atoms with Crippen molar-refractivity contribution in [3.05, 3.63) is 72.7 Å². The average molecular weight is 556 g/mol. The molecule has 10 heteroatoms. The van der Waals surface area contributed by atoms with Gasteiger partial charge in [0, 0.05) is 56.1 Å². The Morgan fingerprint density at radius 2 is 1.78 bits per heavy atom. The number of carbonyl (C=O) groups excluding carboxylic acids is 1. The number of hydrogen-bond donors (Lipinski definition) is 3. The Bertz CT molecular complexity index is 1460. The highest BCUT2D eigenvalue weighted by Crippen LogP contribution is 2.44. The highest BCUT2D eigenvalue weighted by atomic mass is 16.5. The molecule has 1 aliphatic carbocycles. The van der Waals surface area contributed by atoms with Crippen molar-refractivity contribution in [3.8, 4) is 16.9 Å². The Kier molecular flexibility index (Phi) is 8.29. The van der Waals surface area contributed by atoms with E-state index in [1.54, 1.807) is 0 Å². The lowest BCUT2D eigenvalue weighted by atomic mass is 9.80. The van der Waals surface area contributed by atoms with Crippen LogP contribution >= 0.6 is 0 Å². The number of anilines is 1. The largest absolute Gasteiger partial charge is 0.488 e. The minimum Gasteiger partial charge on any atom is -0.488 e. The summed E-state index contributed by atoms with van der Waals surface area (Å²) < 4.78 is 13.9. The lowest BCUT2D eigenvalue weighted by Crippen LogP contribution is -2.45. The maximum Gasteiger partial charge on any atom is 0.314 e. The van der Waals surface area contributed by atoms with Gasteiger partial charge in [-0.05, 0) is 30.4 Å². The van der Waals surface area contributed by atoms with E-state index in [0.717, 1.165) is 79.2 Å². The van der Waals surface area contributed by atoms with Gasteiger partial charge in [0.2, 0.25) is 0 Å². The molecule has 2 aromatic heterocycles. The van der Waals surface area contributed by atoms with Gasteiger partial charge in [-0.15, -0.1) is 0 Å². The number of morpholine rings is 1. The number of nitrogens with one attached hydrogen (secondary N) is 2. The standard InChI is InChI=1S/C31H37N7O3/c32-29-28-26(25-8-4-5-9-27(25)41-20-22-6-2-1-3-7-22)19-38(30(28)36-21-35-29)24-16-23(17-24)18-34-31(39)33-10-11-37-12-14-40-15-13-37/h1-9,19,21,23-24H,10-18,20H2,(H2,32,35,36)(H2,33,34,39). The summed E-state index contributed by atoms with van der Waals surface area (Å²) in [6.45, 7) is 5.98. The predicted molar refractivity (Wildman–Crippen MR) is 159 cm³/mol. The minimum atomic E-state index is -0.108. The summed E-state index contributed by atoms with van der Waals surface area (Å²) >= 11 is 0. The van der Waals surface area contributed by atoms with Gasteiger partial charge < -0.3 is 30.4 Å². The van der Waals surface area contributed by atoms with Crippen molar-refractivity contribution < 1.29 is 14.3 Å². The van der Waals surface area contributed by atoms with Gasteiger partial charge in [0.25, 0.3) is 0 Å². The van der Waals surface area contributed by atoms with Crippen LogP contribution in [0.2, 0.25) is 0 Å². The maximum absolute atomic E-state index is 12.3. The molecule has 0 bridgehead atoms. The van der Waals surface area contributed by atoms with Crippen LogP contribution in [0, 0.1) is 5.92 Å². The fourth-order valence-corrected chi connectivity index (χ4v) is 5.69. The number of rotatable bonds is 10. The molecule has 1 saturated carbocycles. The molecule has 2 amide bonds. The smallest absolute Gasteiger partial charge is 0.314 e. The normalized spacial score (nSPS) is 19.0. The summed E-state index contributed by atoms with van der Waals surface area (Å²) in [6, 6.07) is 18.3. The van der Waals surface area contributed by atoms with E-state index >= 15 is 0 Å². The zero-order valence-electron chi connectivity index (χ0n) is 23.2. The first kappa shape index (κ1) is 27.0. The lowest BCUT2D eigenvalue weighted by molar-refractivity contribution is 0.0387. The van der Waals surface area contributed by atoms with Crippen molar-refractivity contribution >= 4 is 22.9 Å². The molecule has 2 aromatic carbocycles. The van der Waals surface area contributed by atoms with Crippen LogP contribution in [0.4, 0.5) is 10.6 Å². The molecule has 1 aliphatic heterocycles. The second-order valence-electron chi connectivity index (χ2n) is 10.8. The fourth-order valence-electron chi connectivity index (χ4n) is 5.69. The van der Waals surface area contributed by atoms with Crippen LogP contribution in [0.15, 0.2) is 67.1 Å². The quantitative estimate of drug-likeness (QED) is 0.272. The molecule has 6 rings (SSSR count). The maximum atomic E-state index is 12.3. The summed E-state index contributed by atoms with van der Waals surface area (Å²) in [7, 11) is 0. The van der Waals surface area contributed by atoms with Crippen LogP contribution < -0.4 is 21.1 Å². The third-order valence-corrected chi connectivity index (χ3v) is 8.03. The number of fused-ring (bicyclic) bond motifs is 1. The van der Waals surface area contributed by atoms with Gasteiger partial charge in [-0.25, -0.2) is 14.8 Å². The van der Waals surface area contributed by atoms with Crippen LogP contribution in [-0.2, 0) is 11.3 Å². The Balaban J connectivity index is 1.10. The molecule has 2 fully saturated rings. The molecule has 0 atom stereocenters. The van der Waals surface area contributed by atoms with Crippen molar-refractivity contribution in [2.24, 2.45) is 5.92 Å². The van der Waals surface area contributed by atoms with E-state index in [4.69, 9.17) is 15.2 Å². The second-order valence-corrected chi connectivity index (χ2v) is 10.8. The number of carbonyl (C=O) groups is 1. The average Bonchev–Trinajstić information content (AvgIpc) is 3.37. The predicted octanol–water partition coefficient (Wildman–Crippen LogP) is 3.84. The summed E-state index contributed by atoms with van der Waals surface area (Å²) in [5.41, 5.74) is 10.3. The molecule has 0 radical (unpaired) electrons. The van der Waals surface area contributed by atoms with Crippen molar-refractivity contribution in [2.45, 2.75) is 25.5 Å². The topological polar surface area (TPSA) is 120 Å². The number of hydrogen-bond acceptors (Lipinski definition) is 7. The van der Waals surface area contributed by atoms with Gasteiger partial charge in [0.15, 0.2) is 0 Å². The first-order chi connectivity index (χ1) is 20.2. The fraction of sp³-hybridized carbons (Fsp3) is 0.387. The number of ether oxygens (including phenoxy) is 2. The van der Waals surface area contributed by atoms with Crippen LogP contribution in [0.1, 0.15) is 24.4 Å². The monoisotopic (exact) mass is 555 g/mol. The highest BCUT2D eigenvalue weighted by molar-refractivity contribution is 6.01. The van der Waals surface area contributed by atoms with Crippen LogP contribution in [0.25, 0.3) is 22.2 Å². The molecule has 1 saturated heterocycles. The molecular weight excluding hydrogens is 518 g/mol. The molecule has 0 spiro atoms. The van der Waals surface area contributed by atoms with Gasteiger partial charge in [-0.3, -0.25) is 4.90 Å². The number of nitrogens with two attached hydrogens (primary N) is 1. The number of aromatic nitrogens is 3. The molecule has 2 aliphatic rings. The first-order valence-electron chi connectivity index (χ1n) is 14.3. The summed E-state index contributed by atoms with van der Waals surface area (Å²) in [4.78, 5) is 23.5. The number of amides is 2. The van der Waals surface area contributed by atoms with Gasteiger partial charge >= 0.3 is 6.03 Å². The van der Waals surface area contributed by atoms with E-state index in [1.807, 2.05) is 36.4 Å². The van der Waals surface area contributed by atoms with Crippen LogP contribution in [-0.4, -0.2) is 71.4 Å². The van der Waals surface area contributed by atoms with Crippen molar-refractivity contribution in [1.29, 1.82) is 0 Å². The van der Waals surface area contributed by atoms with Crippen LogP contribution in [0.3, 0.4) is 0 Å². The van der Waals surface area contributed by atoms with E-state index in [-0.39, 0.29) is 12.1 Å². The van der Waals surface area contributed by atoms with Gasteiger partial charge in [-0.2, -0.15) is 0 Å². The molecular formula is C31H37N7O3. The summed E-state index contributed by atoms with van der Waals surface area (Å²) in [5.74, 6) is 1.65. The van der Waals surface area contributed by atoms with E-state index in [2.05, 4.69) is 54.5 Å². The SMILES string of the molecule is Nc1ncnc2c1c(-c1ccccc1OCc1ccccc1)cn2C1CC(CNC(=O)NCCN2CCOCC2)C1. The second kappa shape index (κ2) is 12.6. The van der Waals surface area contributed by atoms with Gasteiger partial charge in [0.1, 0.15) is 30.1 Å². The molecule has 4 aromatic rings. The highest BCUT2D eigenvalue weighted by Gasteiger charge is 2.33. The molecule has 0 unspecified atom stereocenters. The number of nitrogen functional groups attached to an aromatic ring is 1. The van der Waals surface area contributed by atoms with Crippen molar-refractivity contribution in [2.75, 3.05) is 51.7 Å². The number of urea groups is 1. The van der Waals surface area contributed by atoms with E-state index in [9.17, 15) is 4.79 Å². The molecule has 41 heavy (non-hydrogen) atoms. The lowest BCUT2D eigenvalue weighted by Gasteiger charge is -2.36. The van der Waals surface area contributed by atoms with Gasteiger partial charge in [-0.1, -0.05) is 48.5 Å². The van der Waals surface area contributed by atoms with E-state index in [0.29, 0.717) is 31.4 Å². The zero-order chi connectivity index (χ0) is 28.0.